The van der Waals surface area contributed by atoms with Crippen molar-refractivity contribution in [2.75, 3.05) is 5.32 Å². The van der Waals surface area contributed by atoms with E-state index in [2.05, 4.69) is 25.6 Å². The Morgan fingerprint density at radius 2 is 2.24 bits per heavy atom. The van der Waals surface area contributed by atoms with Gasteiger partial charge in [0.1, 0.15) is 5.52 Å². The van der Waals surface area contributed by atoms with Gasteiger partial charge in [0.25, 0.3) is 0 Å². The summed E-state index contributed by atoms with van der Waals surface area (Å²) in [7, 11) is 1.87. The van der Waals surface area contributed by atoms with Crippen molar-refractivity contribution in [1.29, 1.82) is 0 Å². The second-order valence-electron chi connectivity index (χ2n) is 4.76. The molecule has 4 rings (SSSR count). The zero-order valence-electron chi connectivity index (χ0n) is 11.1. The summed E-state index contributed by atoms with van der Waals surface area (Å²) in [6, 6.07) is 7.63. The number of aromatic amines is 1. The Balaban J connectivity index is 1.80. The van der Waals surface area contributed by atoms with Gasteiger partial charge in [0, 0.05) is 24.3 Å². The summed E-state index contributed by atoms with van der Waals surface area (Å²) in [5, 5.41) is 16.3. The van der Waals surface area contributed by atoms with E-state index in [0.717, 1.165) is 27.6 Å². The standard InChI is InChI=1S/C14H11ClN6/c1-21-13-8(7-17-21)5-9(6-10(13)15)18-14-12-11(19-20-14)3-2-4-16-12/h2-7H,1H3,(H2,18,19,20). The minimum atomic E-state index is 0.641. The van der Waals surface area contributed by atoms with Crippen molar-refractivity contribution in [2.45, 2.75) is 0 Å². The van der Waals surface area contributed by atoms with Crippen LogP contribution in [0.1, 0.15) is 0 Å². The van der Waals surface area contributed by atoms with E-state index in [4.69, 9.17) is 11.6 Å². The molecule has 0 aliphatic rings. The molecule has 0 amide bonds. The third kappa shape index (κ3) is 1.92. The number of hydrogen-bond acceptors (Lipinski definition) is 4. The van der Waals surface area contributed by atoms with E-state index in [1.54, 1.807) is 17.1 Å². The van der Waals surface area contributed by atoms with Gasteiger partial charge in [0.15, 0.2) is 5.82 Å². The number of aromatic nitrogens is 5. The van der Waals surface area contributed by atoms with Crippen LogP contribution in [0.15, 0.2) is 36.7 Å². The second kappa shape index (κ2) is 4.46. The van der Waals surface area contributed by atoms with Crippen LogP contribution in [0.25, 0.3) is 21.9 Å². The first kappa shape index (κ1) is 12.2. The molecule has 21 heavy (non-hydrogen) atoms. The molecule has 104 valence electrons. The molecule has 0 saturated heterocycles. The van der Waals surface area contributed by atoms with Gasteiger partial charge in [0.05, 0.1) is 22.3 Å². The first-order valence-corrected chi connectivity index (χ1v) is 6.77. The van der Waals surface area contributed by atoms with Crippen LogP contribution in [-0.4, -0.2) is 25.0 Å². The SMILES string of the molecule is Cn1ncc2cc(Nc3n[nH]c4cccnc34)cc(Cl)c21. The van der Waals surface area contributed by atoms with E-state index < -0.39 is 0 Å². The Kier molecular flexibility index (Phi) is 2.58. The molecule has 0 fully saturated rings. The highest BCUT2D eigenvalue weighted by atomic mass is 35.5. The molecule has 2 N–H and O–H groups in total. The number of pyridine rings is 1. The summed E-state index contributed by atoms with van der Waals surface area (Å²) < 4.78 is 1.76. The molecule has 3 heterocycles. The Hall–Kier alpha value is -2.60. The van der Waals surface area contributed by atoms with Gasteiger partial charge >= 0.3 is 0 Å². The van der Waals surface area contributed by atoms with Crippen LogP contribution in [0, 0.1) is 0 Å². The van der Waals surface area contributed by atoms with Gasteiger partial charge in [-0.25, -0.2) is 0 Å². The molecular formula is C14H11ClN6. The van der Waals surface area contributed by atoms with Gasteiger partial charge in [-0.3, -0.25) is 14.8 Å². The largest absolute Gasteiger partial charge is 0.337 e. The molecule has 6 nitrogen and oxygen atoms in total. The molecule has 0 atom stereocenters. The van der Waals surface area contributed by atoms with E-state index in [1.807, 2.05) is 31.3 Å². The minimum Gasteiger partial charge on any atom is -0.337 e. The zero-order chi connectivity index (χ0) is 14.4. The fraction of sp³-hybridized carbons (Fsp3) is 0.0714. The third-order valence-corrected chi connectivity index (χ3v) is 3.66. The highest BCUT2D eigenvalue weighted by Gasteiger charge is 2.10. The quantitative estimate of drug-likeness (QED) is 0.596. The fourth-order valence-corrected chi connectivity index (χ4v) is 2.76. The van der Waals surface area contributed by atoms with E-state index in [1.165, 1.54) is 0 Å². The van der Waals surface area contributed by atoms with Crippen molar-refractivity contribution in [3.63, 3.8) is 0 Å². The van der Waals surface area contributed by atoms with Gasteiger partial charge in [-0.1, -0.05) is 11.6 Å². The monoisotopic (exact) mass is 298 g/mol. The van der Waals surface area contributed by atoms with Crippen LogP contribution in [0.5, 0.6) is 0 Å². The van der Waals surface area contributed by atoms with Gasteiger partial charge in [-0.2, -0.15) is 10.2 Å². The van der Waals surface area contributed by atoms with Crippen molar-refractivity contribution >= 4 is 45.0 Å². The molecule has 0 bridgehead atoms. The maximum atomic E-state index is 6.32. The van der Waals surface area contributed by atoms with Crippen LogP contribution >= 0.6 is 11.6 Å². The topological polar surface area (TPSA) is 71.4 Å². The number of nitrogens with zero attached hydrogens (tertiary/aromatic N) is 4. The Labute approximate surface area is 124 Å². The second-order valence-corrected chi connectivity index (χ2v) is 5.17. The molecule has 0 saturated carbocycles. The molecule has 7 heteroatoms. The molecule has 3 aromatic heterocycles. The van der Waals surface area contributed by atoms with Crippen molar-refractivity contribution < 1.29 is 0 Å². The van der Waals surface area contributed by atoms with Gasteiger partial charge in [-0.15, -0.1) is 0 Å². The predicted octanol–water partition coefficient (Wildman–Crippen LogP) is 3.24. The highest BCUT2D eigenvalue weighted by Crippen LogP contribution is 2.30. The average molecular weight is 299 g/mol. The summed E-state index contributed by atoms with van der Waals surface area (Å²) in [6.07, 6.45) is 3.52. The molecule has 0 spiro atoms. The molecule has 0 unspecified atom stereocenters. The summed E-state index contributed by atoms with van der Waals surface area (Å²) in [5.41, 5.74) is 3.43. The first-order chi connectivity index (χ1) is 10.2. The van der Waals surface area contributed by atoms with E-state index in [0.29, 0.717) is 10.8 Å². The number of benzene rings is 1. The van der Waals surface area contributed by atoms with Crippen LogP contribution in [0.3, 0.4) is 0 Å². The maximum absolute atomic E-state index is 6.32. The summed E-state index contributed by atoms with van der Waals surface area (Å²) in [5.74, 6) is 0.671. The van der Waals surface area contributed by atoms with E-state index in [-0.39, 0.29) is 0 Å². The third-order valence-electron chi connectivity index (χ3n) is 3.37. The lowest BCUT2D eigenvalue weighted by Gasteiger charge is -2.05. The minimum absolute atomic E-state index is 0.641. The Morgan fingerprint density at radius 3 is 3.14 bits per heavy atom. The average Bonchev–Trinajstić information content (AvgIpc) is 3.04. The van der Waals surface area contributed by atoms with Crippen molar-refractivity contribution in [2.24, 2.45) is 7.05 Å². The number of aryl methyl sites for hydroxylation is 1. The maximum Gasteiger partial charge on any atom is 0.178 e. The number of hydrogen-bond donors (Lipinski definition) is 2. The van der Waals surface area contributed by atoms with Crippen molar-refractivity contribution in [3.8, 4) is 0 Å². The summed E-state index contributed by atoms with van der Waals surface area (Å²) >= 11 is 6.32. The molecule has 0 aliphatic carbocycles. The van der Waals surface area contributed by atoms with Crippen molar-refractivity contribution in [1.82, 2.24) is 25.0 Å². The Morgan fingerprint density at radius 1 is 1.33 bits per heavy atom. The number of anilines is 2. The first-order valence-electron chi connectivity index (χ1n) is 6.40. The van der Waals surface area contributed by atoms with E-state index in [9.17, 15) is 0 Å². The zero-order valence-corrected chi connectivity index (χ0v) is 11.9. The number of nitrogens with one attached hydrogen (secondary N) is 2. The summed E-state index contributed by atoms with van der Waals surface area (Å²) in [6.45, 7) is 0. The van der Waals surface area contributed by atoms with E-state index >= 15 is 0 Å². The number of rotatable bonds is 2. The number of fused-ring (bicyclic) bond motifs is 2. The van der Waals surface area contributed by atoms with Crippen molar-refractivity contribution in [3.05, 3.63) is 41.7 Å². The lowest BCUT2D eigenvalue weighted by molar-refractivity contribution is 0.797. The molecule has 0 radical (unpaired) electrons. The normalized spacial score (nSPS) is 11.3. The Bertz CT molecular complexity index is 955. The van der Waals surface area contributed by atoms with Gasteiger partial charge in [0.2, 0.25) is 0 Å². The lowest BCUT2D eigenvalue weighted by atomic mass is 10.2. The van der Waals surface area contributed by atoms with Crippen LogP contribution in [-0.2, 0) is 7.05 Å². The van der Waals surface area contributed by atoms with Crippen LogP contribution < -0.4 is 5.32 Å². The van der Waals surface area contributed by atoms with Gasteiger partial charge in [-0.05, 0) is 24.3 Å². The molecule has 1 aromatic carbocycles. The molecule has 4 aromatic rings. The predicted molar refractivity (Wildman–Crippen MR) is 82.9 cm³/mol. The summed E-state index contributed by atoms with van der Waals surface area (Å²) in [4.78, 5) is 4.32. The smallest absolute Gasteiger partial charge is 0.178 e. The van der Waals surface area contributed by atoms with Gasteiger partial charge < -0.3 is 5.32 Å². The molecule has 0 aliphatic heterocycles. The number of H-pyrrole nitrogens is 1. The lowest BCUT2D eigenvalue weighted by Crippen LogP contribution is -1.94. The van der Waals surface area contributed by atoms with Crippen LogP contribution in [0.2, 0.25) is 5.02 Å². The number of halogens is 1. The molecular weight excluding hydrogens is 288 g/mol. The highest BCUT2D eigenvalue weighted by molar-refractivity contribution is 6.35. The fourth-order valence-electron chi connectivity index (χ4n) is 2.42. The van der Waals surface area contributed by atoms with Crippen LogP contribution in [0.4, 0.5) is 11.5 Å².